The summed E-state index contributed by atoms with van der Waals surface area (Å²) in [6, 6.07) is 2.39. The summed E-state index contributed by atoms with van der Waals surface area (Å²) in [5, 5.41) is 0. The monoisotopic (exact) mass is 248 g/mol. The first-order valence-corrected chi connectivity index (χ1v) is 4.28. The minimum atomic E-state index is -0.625. The Morgan fingerprint density at radius 1 is 1.31 bits per heavy atom. The number of ether oxygens (including phenoxy) is 1. The van der Waals surface area contributed by atoms with Crippen molar-refractivity contribution in [2.24, 2.45) is 0 Å². The van der Waals surface area contributed by atoms with E-state index in [1.807, 2.05) is 0 Å². The van der Waals surface area contributed by atoms with Gasteiger partial charge in [0.05, 0.1) is 13.4 Å². The highest BCUT2D eigenvalue weighted by Gasteiger charge is 2.06. The molecule has 0 saturated carbocycles. The Kier molecular flexibility index (Phi) is 3.42. The number of hydrogen-bond acceptors (Lipinski definition) is 1. The Morgan fingerprint density at radius 2 is 1.85 bits per heavy atom. The van der Waals surface area contributed by atoms with Crippen molar-refractivity contribution in [1.29, 1.82) is 0 Å². The number of halogens is 3. The van der Waals surface area contributed by atoms with E-state index in [0.29, 0.717) is 4.47 Å². The average Bonchev–Trinajstić information content (AvgIpc) is 2.02. The van der Waals surface area contributed by atoms with Gasteiger partial charge in [-0.15, -0.1) is 0 Å². The third-order valence-corrected chi connectivity index (χ3v) is 1.87. The molecule has 0 radical (unpaired) electrons. The zero-order valence-corrected chi connectivity index (χ0v) is 8.44. The molecular weight excluding hydrogens is 242 g/mol. The van der Waals surface area contributed by atoms with Crippen LogP contribution >= 0.6 is 15.9 Å². The normalized spacial score (nSPS) is 10.8. The maximum Gasteiger partial charge on any atom is 0.134 e. The number of methoxy groups -OCH3 is 1. The van der Waals surface area contributed by atoms with E-state index >= 15 is 0 Å². The third kappa shape index (κ3) is 2.52. The van der Waals surface area contributed by atoms with Gasteiger partial charge in [0.15, 0.2) is 0 Å². The van der Waals surface area contributed by atoms with E-state index in [9.17, 15) is 8.78 Å². The summed E-state index contributed by atoms with van der Waals surface area (Å²) < 4.78 is 31.0. The van der Waals surface area contributed by atoms with Crippen molar-refractivity contribution in [2.45, 2.75) is 0 Å². The van der Waals surface area contributed by atoms with Crippen LogP contribution in [0.1, 0.15) is 5.56 Å². The van der Waals surface area contributed by atoms with Gasteiger partial charge in [-0.25, -0.2) is 8.78 Å². The first-order valence-electron chi connectivity index (χ1n) is 3.49. The van der Waals surface area contributed by atoms with E-state index in [0.717, 1.165) is 0 Å². The first kappa shape index (κ1) is 10.2. The van der Waals surface area contributed by atoms with E-state index in [2.05, 4.69) is 20.7 Å². The van der Waals surface area contributed by atoms with Crippen LogP contribution in [-0.2, 0) is 4.74 Å². The fraction of sp³-hybridized carbons (Fsp3) is 0.111. The summed E-state index contributed by atoms with van der Waals surface area (Å²) >= 11 is 2.98. The molecule has 0 N–H and O–H groups in total. The van der Waals surface area contributed by atoms with Crippen molar-refractivity contribution in [3.63, 3.8) is 0 Å². The van der Waals surface area contributed by atoms with Crippen LogP contribution in [0.15, 0.2) is 22.9 Å². The molecule has 0 aliphatic heterocycles. The predicted octanol–water partition coefficient (Wildman–Crippen LogP) is 3.34. The van der Waals surface area contributed by atoms with Gasteiger partial charge < -0.3 is 4.74 Å². The Balaban J connectivity index is 3.13. The van der Waals surface area contributed by atoms with E-state index in [4.69, 9.17) is 0 Å². The molecule has 0 spiro atoms. The third-order valence-electron chi connectivity index (χ3n) is 1.41. The summed E-state index contributed by atoms with van der Waals surface area (Å²) in [5.41, 5.74) is -0.106. The van der Waals surface area contributed by atoms with Crippen LogP contribution in [-0.4, -0.2) is 7.11 Å². The Bertz CT molecular complexity index is 313. The average molecular weight is 249 g/mol. The fourth-order valence-electron chi connectivity index (χ4n) is 0.849. The molecule has 1 aromatic carbocycles. The topological polar surface area (TPSA) is 9.23 Å². The molecule has 0 heterocycles. The van der Waals surface area contributed by atoms with Crippen LogP contribution < -0.4 is 0 Å². The summed E-state index contributed by atoms with van der Waals surface area (Å²) in [6.45, 7) is 0. The van der Waals surface area contributed by atoms with Gasteiger partial charge in [0, 0.05) is 10.0 Å². The summed E-state index contributed by atoms with van der Waals surface area (Å²) in [6.07, 6.45) is 2.45. The van der Waals surface area contributed by atoms with Gasteiger partial charge in [0.25, 0.3) is 0 Å². The molecule has 0 fully saturated rings. The van der Waals surface area contributed by atoms with Gasteiger partial charge in [-0.2, -0.15) is 0 Å². The van der Waals surface area contributed by atoms with Crippen LogP contribution in [0.3, 0.4) is 0 Å². The van der Waals surface area contributed by atoms with E-state index < -0.39 is 11.6 Å². The van der Waals surface area contributed by atoms with Crippen LogP contribution in [0.25, 0.3) is 6.08 Å². The fourth-order valence-corrected chi connectivity index (χ4v) is 1.25. The van der Waals surface area contributed by atoms with Crippen molar-refractivity contribution in [3.8, 4) is 0 Å². The molecule has 0 unspecified atom stereocenters. The highest BCUT2D eigenvalue weighted by molar-refractivity contribution is 9.10. The SMILES string of the molecule is CO/C=C/c1c(F)cc(Br)cc1F. The largest absolute Gasteiger partial charge is 0.504 e. The zero-order valence-electron chi connectivity index (χ0n) is 6.85. The predicted molar refractivity (Wildman–Crippen MR) is 50.1 cm³/mol. The summed E-state index contributed by atoms with van der Waals surface area (Å²) in [5.74, 6) is -1.25. The smallest absolute Gasteiger partial charge is 0.134 e. The lowest BCUT2D eigenvalue weighted by Crippen LogP contribution is -1.88. The molecular formula is C9H7BrF2O. The highest BCUT2D eigenvalue weighted by Crippen LogP contribution is 2.20. The van der Waals surface area contributed by atoms with Crippen molar-refractivity contribution in [2.75, 3.05) is 7.11 Å². The maximum absolute atomic E-state index is 13.1. The summed E-state index contributed by atoms with van der Waals surface area (Å²) in [7, 11) is 1.41. The van der Waals surface area contributed by atoms with Crippen molar-refractivity contribution < 1.29 is 13.5 Å². The second-order valence-electron chi connectivity index (χ2n) is 2.32. The molecule has 0 saturated heterocycles. The van der Waals surface area contributed by atoms with E-state index in [1.54, 1.807) is 0 Å². The minimum Gasteiger partial charge on any atom is -0.504 e. The Hall–Kier alpha value is -0.900. The lowest BCUT2D eigenvalue weighted by molar-refractivity contribution is 0.341. The lowest BCUT2D eigenvalue weighted by atomic mass is 10.2. The maximum atomic E-state index is 13.1. The molecule has 0 aromatic heterocycles. The van der Waals surface area contributed by atoms with Gasteiger partial charge in [-0.1, -0.05) is 15.9 Å². The molecule has 13 heavy (non-hydrogen) atoms. The number of rotatable bonds is 2. The van der Waals surface area contributed by atoms with Gasteiger partial charge in [-0.3, -0.25) is 0 Å². The van der Waals surface area contributed by atoms with Crippen molar-refractivity contribution >= 4 is 22.0 Å². The molecule has 0 atom stereocenters. The van der Waals surface area contributed by atoms with E-state index in [1.165, 1.54) is 31.6 Å². The quantitative estimate of drug-likeness (QED) is 0.730. The first-order chi connectivity index (χ1) is 6.15. The highest BCUT2D eigenvalue weighted by atomic mass is 79.9. The summed E-state index contributed by atoms with van der Waals surface area (Å²) in [4.78, 5) is 0. The molecule has 0 amide bonds. The van der Waals surface area contributed by atoms with Crippen LogP contribution in [0.5, 0.6) is 0 Å². The second kappa shape index (κ2) is 4.37. The van der Waals surface area contributed by atoms with Gasteiger partial charge in [0.1, 0.15) is 11.6 Å². The molecule has 1 nitrogen and oxygen atoms in total. The molecule has 1 aromatic rings. The second-order valence-corrected chi connectivity index (χ2v) is 3.24. The van der Waals surface area contributed by atoms with Gasteiger partial charge in [-0.05, 0) is 18.2 Å². The van der Waals surface area contributed by atoms with Crippen molar-refractivity contribution in [1.82, 2.24) is 0 Å². The molecule has 0 aliphatic carbocycles. The standard InChI is InChI=1S/C9H7BrF2O/c1-13-3-2-7-8(11)4-6(10)5-9(7)12/h2-5H,1H3/b3-2+. The van der Waals surface area contributed by atoms with Crippen molar-refractivity contribution in [3.05, 3.63) is 40.1 Å². The zero-order chi connectivity index (χ0) is 9.84. The van der Waals surface area contributed by atoms with Crippen LogP contribution in [0.2, 0.25) is 0 Å². The minimum absolute atomic E-state index is 0.106. The van der Waals surface area contributed by atoms with Gasteiger partial charge in [0.2, 0.25) is 0 Å². The Morgan fingerprint density at radius 3 is 2.31 bits per heavy atom. The van der Waals surface area contributed by atoms with Crippen LogP contribution in [0, 0.1) is 11.6 Å². The Labute approximate surface area is 83.1 Å². The molecule has 0 bridgehead atoms. The molecule has 0 aliphatic rings. The van der Waals surface area contributed by atoms with Crippen LogP contribution in [0.4, 0.5) is 8.78 Å². The lowest BCUT2D eigenvalue weighted by Gasteiger charge is -1.99. The molecule has 1 rings (SSSR count). The molecule has 70 valence electrons. The number of hydrogen-bond donors (Lipinski definition) is 0. The molecule has 4 heteroatoms. The van der Waals surface area contributed by atoms with Gasteiger partial charge >= 0.3 is 0 Å². The number of benzene rings is 1. The van der Waals surface area contributed by atoms with E-state index in [-0.39, 0.29) is 5.56 Å².